The molecule has 6 nitrogen and oxygen atoms in total. The summed E-state index contributed by atoms with van der Waals surface area (Å²) in [7, 11) is 0. The van der Waals surface area contributed by atoms with E-state index in [2.05, 4.69) is 5.32 Å². The second-order valence-electron chi connectivity index (χ2n) is 8.12. The van der Waals surface area contributed by atoms with Gasteiger partial charge in [0.05, 0.1) is 0 Å². The minimum absolute atomic E-state index is 0.117. The summed E-state index contributed by atoms with van der Waals surface area (Å²) < 4.78 is 0. The first-order valence-electron chi connectivity index (χ1n) is 11.8. The molecule has 0 aliphatic carbocycles. The molecular weight excluding hydrogens is 368 g/mol. The SMILES string of the molecule is NC(=O)CCCCNC(=O)CCCCCCCCCCCCCCCCC(=O)O. The number of carboxylic acids is 1. The monoisotopic (exact) mass is 412 g/mol. The maximum Gasteiger partial charge on any atom is 0.303 e. The van der Waals surface area contributed by atoms with Crippen LogP contribution in [0.2, 0.25) is 0 Å². The van der Waals surface area contributed by atoms with E-state index in [0.29, 0.717) is 25.8 Å². The van der Waals surface area contributed by atoms with Crippen molar-refractivity contribution in [2.75, 3.05) is 6.54 Å². The first kappa shape index (κ1) is 27.4. The maximum atomic E-state index is 11.7. The number of unbranched alkanes of at least 4 members (excludes halogenated alkanes) is 14. The predicted octanol–water partition coefficient (Wildman–Crippen LogP) is 5.08. The third-order valence-corrected chi connectivity index (χ3v) is 5.22. The van der Waals surface area contributed by atoms with Gasteiger partial charge in [0.2, 0.25) is 11.8 Å². The van der Waals surface area contributed by atoms with E-state index in [9.17, 15) is 14.4 Å². The van der Waals surface area contributed by atoms with Gasteiger partial charge in [-0.05, 0) is 25.7 Å². The van der Waals surface area contributed by atoms with Crippen LogP contribution in [0.5, 0.6) is 0 Å². The minimum Gasteiger partial charge on any atom is -0.481 e. The molecule has 0 aliphatic rings. The van der Waals surface area contributed by atoms with Crippen LogP contribution < -0.4 is 11.1 Å². The van der Waals surface area contributed by atoms with E-state index in [0.717, 1.165) is 38.5 Å². The van der Waals surface area contributed by atoms with Gasteiger partial charge in [0.1, 0.15) is 0 Å². The molecule has 170 valence electrons. The molecule has 0 atom stereocenters. The van der Waals surface area contributed by atoms with E-state index in [-0.39, 0.29) is 11.8 Å². The van der Waals surface area contributed by atoms with E-state index in [1.54, 1.807) is 0 Å². The summed E-state index contributed by atoms with van der Waals surface area (Å²) in [6, 6.07) is 0. The number of hydrogen-bond acceptors (Lipinski definition) is 3. The molecule has 0 saturated heterocycles. The van der Waals surface area contributed by atoms with Crippen LogP contribution in [0.25, 0.3) is 0 Å². The standard InChI is InChI=1S/C23H44N2O4/c24-21(26)17-15-16-20-25-22(27)18-13-11-9-7-5-3-1-2-4-6-8-10-12-14-19-23(28)29/h1-20H2,(H2,24,26)(H,25,27)(H,28,29). The summed E-state index contributed by atoms with van der Waals surface area (Å²) in [4.78, 5) is 32.7. The van der Waals surface area contributed by atoms with Crippen molar-refractivity contribution in [1.82, 2.24) is 5.32 Å². The molecule has 0 aromatic rings. The molecule has 0 aliphatic heterocycles. The Bertz CT molecular complexity index is 427. The third-order valence-electron chi connectivity index (χ3n) is 5.22. The molecule has 2 amide bonds. The Balaban J connectivity index is 3.15. The van der Waals surface area contributed by atoms with Gasteiger partial charge in [-0.15, -0.1) is 0 Å². The van der Waals surface area contributed by atoms with Gasteiger partial charge in [-0.1, -0.05) is 77.0 Å². The Labute approximate surface area is 177 Å². The molecule has 6 heteroatoms. The average molecular weight is 413 g/mol. The number of nitrogens with two attached hydrogens (primary N) is 1. The van der Waals surface area contributed by atoms with Gasteiger partial charge < -0.3 is 16.2 Å². The van der Waals surface area contributed by atoms with Crippen molar-refractivity contribution in [2.24, 2.45) is 5.73 Å². The summed E-state index contributed by atoms with van der Waals surface area (Å²) in [5.41, 5.74) is 5.07. The van der Waals surface area contributed by atoms with Gasteiger partial charge >= 0.3 is 5.97 Å². The van der Waals surface area contributed by atoms with Gasteiger partial charge in [-0.25, -0.2) is 0 Å². The Hall–Kier alpha value is -1.59. The highest BCUT2D eigenvalue weighted by molar-refractivity contribution is 5.75. The average Bonchev–Trinajstić information content (AvgIpc) is 2.66. The van der Waals surface area contributed by atoms with Crippen molar-refractivity contribution >= 4 is 17.8 Å². The lowest BCUT2D eigenvalue weighted by Crippen LogP contribution is -2.24. The van der Waals surface area contributed by atoms with Crippen molar-refractivity contribution in [3.05, 3.63) is 0 Å². The summed E-state index contributed by atoms with van der Waals surface area (Å²) >= 11 is 0. The van der Waals surface area contributed by atoms with Gasteiger partial charge in [0.25, 0.3) is 0 Å². The zero-order chi connectivity index (χ0) is 21.6. The Morgan fingerprint density at radius 3 is 1.34 bits per heavy atom. The molecule has 0 radical (unpaired) electrons. The predicted molar refractivity (Wildman–Crippen MR) is 118 cm³/mol. The Kier molecular flexibility index (Phi) is 20.0. The zero-order valence-corrected chi connectivity index (χ0v) is 18.4. The number of nitrogens with one attached hydrogen (secondary N) is 1. The van der Waals surface area contributed by atoms with Crippen LogP contribution in [-0.4, -0.2) is 29.4 Å². The van der Waals surface area contributed by atoms with Crippen LogP contribution in [-0.2, 0) is 14.4 Å². The summed E-state index contributed by atoms with van der Waals surface area (Å²) in [6.07, 6.45) is 19.5. The number of amides is 2. The lowest BCUT2D eigenvalue weighted by molar-refractivity contribution is -0.137. The fourth-order valence-electron chi connectivity index (χ4n) is 3.42. The fraction of sp³-hybridized carbons (Fsp3) is 0.870. The number of rotatable bonds is 22. The summed E-state index contributed by atoms with van der Waals surface area (Å²) in [6.45, 7) is 0.636. The smallest absolute Gasteiger partial charge is 0.303 e. The lowest BCUT2D eigenvalue weighted by Gasteiger charge is -2.05. The molecule has 0 unspecified atom stereocenters. The van der Waals surface area contributed by atoms with Crippen molar-refractivity contribution in [3.63, 3.8) is 0 Å². The van der Waals surface area contributed by atoms with Gasteiger partial charge in [0.15, 0.2) is 0 Å². The first-order chi connectivity index (χ1) is 14.0. The highest BCUT2D eigenvalue weighted by Gasteiger charge is 2.01. The molecule has 4 N–H and O–H groups in total. The van der Waals surface area contributed by atoms with E-state index in [4.69, 9.17) is 10.8 Å². The molecule has 0 aromatic heterocycles. The van der Waals surface area contributed by atoms with Gasteiger partial charge in [-0.2, -0.15) is 0 Å². The zero-order valence-electron chi connectivity index (χ0n) is 18.4. The second kappa shape index (κ2) is 21.1. The van der Waals surface area contributed by atoms with E-state index in [1.807, 2.05) is 0 Å². The number of carboxylic acid groups (broad SMARTS) is 1. The first-order valence-corrected chi connectivity index (χ1v) is 11.8. The molecule has 0 spiro atoms. The fourth-order valence-corrected chi connectivity index (χ4v) is 3.42. The van der Waals surface area contributed by atoms with Crippen LogP contribution in [0.15, 0.2) is 0 Å². The van der Waals surface area contributed by atoms with Crippen LogP contribution >= 0.6 is 0 Å². The van der Waals surface area contributed by atoms with Crippen molar-refractivity contribution in [2.45, 2.75) is 122 Å². The number of hydrogen-bond donors (Lipinski definition) is 3. The molecule has 0 aromatic carbocycles. The minimum atomic E-state index is -0.680. The van der Waals surface area contributed by atoms with Crippen LogP contribution in [0.3, 0.4) is 0 Å². The highest BCUT2D eigenvalue weighted by Crippen LogP contribution is 2.13. The van der Waals surface area contributed by atoms with Crippen molar-refractivity contribution < 1.29 is 19.5 Å². The van der Waals surface area contributed by atoms with Crippen molar-refractivity contribution in [1.29, 1.82) is 0 Å². The van der Waals surface area contributed by atoms with Crippen LogP contribution in [0, 0.1) is 0 Å². The van der Waals surface area contributed by atoms with E-state index >= 15 is 0 Å². The molecule has 0 heterocycles. The quantitative estimate of drug-likeness (QED) is 0.215. The molecule has 29 heavy (non-hydrogen) atoms. The van der Waals surface area contributed by atoms with Crippen LogP contribution in [0.4, 0.5) is 0 Å². The third kappa shape index (κ3) is 24.4. The van der Waals surface area contributed by atoms with Crippen LogP contribution in [0.1, 0.15) is 122 Å². The molecular formula is C23H44N2O4. The molecule has 0 rings (SSSR count). The van der Waals surface area contributed by atoms with E-state index in [1.165, 1.54) is 64.2 Å². The number of primary amides is 1. The highest BCUT2D eigenvalue weighted by atomic mass is 16.4. The Morgan fingerprint density at radius 1 is 0.552 bits per heavy atom. The number of carbonyl (C=O) groups is 3. The molecule has 0 fully saturated rings. The normalized spacial score (nSPS) is 10.8. The van der Waals surface area contributed by atoms with Crippen molar-refractivity contribution in [3.8, 4) is 0 Å². The molecule has 0 bridgehead atoms. The second-order valence-corrected chi connectivity index (χ2v) is 8.12. The lowest BCUT2D eigenvalue weighted by atomic mass is 10.0. The number of aliphatic carboxylic acids is 1. The largest absolute Gasteiger partial charge is 0.481 e. The number of carbonyl (C=O) groups excluding carboxylic acids is 2. The van der Waals surface area contributed by atoms with Gasteiger partial charge in [-0.3, -0.25) is 14.4 Å². The van der Waals surface area contributed by atoms with Gasteiger partial charge in [0, 0.05) is 25.8 Å². The summed E-state index contributed by atoms with van der Waals surface area (Å²) in [5, 5.41) is 11.5. The topological polar surface area (TPSA) is 109 Å². The molecule has 0 saturated carbocycles. The summed E-state index contributed by atoms with van der Waals surface area (Å²) in [5.74, 6) is -0.843. The maximum absolute atomic E-state index is 11.7. The Morgan fingerprint density at radius 2 is 0.931 bits per heavy atom. The van der Waals surface area contributed by atoms with E-state index < -0.39 is 5.97 Å².